The van der Waals surface area contributed by atoms with Crippen LogP contribution in [-0.4, -0.2) is 5.78 Å². The molecule has 90 valence electrons. The molecule has 18 heavy (non-hydrogen) atoms. The van der Waals surface area contributed by atoms with Gasteiger partial charge in [-0.25, -0.2) is 0 Å². The summed E-state index contributed by atoms with van der Waals surface area (Å²) in [6.45, 7) is 0. The average Bonchev–Trinajstić information content (AvgIpc) is 2.73. The summed E-state index contributed by atoms with van der Waals surface area (Å²) in [6, 6.07) is 11.9. The molecule has 0 saturated carbocycles. The summed E-state index contributed by atoms with van der Waals surface area (Å²) in [4.78, 5) is 12.4. The Morgan fingerprint density at radius 1 is 0.778 bits per heavy atom. The van der Waals surface area contributed by atoms with E-state index in [1.54, 1.807) is 0 Å². The number of carbonyl (C=O) groups is 1. The molecule has 0 atom stereocenters. The molecule has 0 aliphatic heterocycles. The molecule has 0 spiro atoms. The van der Waals surface area contributed by atoms with Crippen LogP contribution in [0.1, 0.15) is 27.0 Å². The van der Waals surface area contributed by atoms with Crippen LogP contribution in [0.25, 0.3) is 11.1 Å². The first-order valence-corrected chi connectivity index (χ1v) is 7.93. The molecule has 0 fully saturated rings. The maximum Gasteiger partial charge on any atom is 0.194 e. The fourth-order valence-corrected chi connectivity index (χ4v) is 3.47. The van der Waals surface area contributed by atoms with Crippen LogP contribution in [0.15, 0.2) is 36.4 Å². The monoisotopic (exact) mass is 364 g/mol. The highest BCUT2D eigenvalue weighted by molar-refractivity contribution is 9.08. The first-order valence-electron chi connectivity index (χ1n) is 5.68. The molecule has 0 amide bonds. The summed E-state index contributed by atoms with van der Waals surface area (Å²) in [7, 11) is 0. The van der Waals surface area contributed by atoms with Crippen LogP contribution in [0.2, 0.25) is 0 Å². The summed E-state index contributed by atoms with van der Waals surface area (Å²) in [5.74, 6) is 0.144. The lowest BCUT2D eigenvalue weighted by molar-refractivity contribution is 0.104. The standard InChI is InChI=1S/C15H10Br2O/c16-7-9-3-1-5-11-13(9)14-10(8-17)4-2-6-12(14)15(11)18/h1-6H,7-8H2. The lowest BCUT2D eigenvalue weighted by Gasteiger charge is -2.09. The van der Waals surface area contributed by atoms with Gasteiger partial charge >= 0.3 is 0 Å². The lowest BCUT2D eigenvalue weighted by atomic mass is 9.97. The van der Waals surface area contributed by atoms with E-state index in [9.17, 15) is 4.79 Å². The van der Waals surface area contributed by atoms with Gasteiger partial charge in [-0.2, -0.15) is 0 Å². The highest BCUT2D eigenvalue weighted by Crippen LogP contribution is 2.42. The van der Waals surface area contributed by atoms with Crippen molar-refractivity contribution < 1.29 is 4.79 Å². The average molecular weight is 366 g/mol. The Kier molecular flexibility index (Phi) is 3.12. The predicted octanol–water partition coefficient (Wildman–Crippen LogP) is 4.69. The predicted molar refractivity (Wildman–Crippen MR) is 80.6 cm³/mol. The van der Waals surface area contributed by atoms with E-state index in [-0.39, 0.29) is 5.78 Å². The molecule has 0 N–H and O–H groups in total. The largest absolute Gasteiger partial charge is 0.289 e. The van der Waals surface area contributed by atoms with Crippen molar-refractivity contribution in [3.63, 3.8) is 0 Å². The van der Waals surface area contributed by atoms with Gasteiger partial charge in [0.2, 0.25) is 0 Å². The number of rotatable bonds is 2. The van der Waals surface area contributed by atoms with Crippen LogP contribution < -0.4 is 0 Å². The van der Waals surface area contributed by atoms with Gasteiger partial charge < -0.3 is 0 Å². The number of ketones is 1. The van der Waals surface area contributed by atoms with E-state index in [0.717, 1.165) is 32.9 Å². The SMILES string of the molecule is O=C1c2cccc(CBr)c2-c2c(CBr)cccc21. The molecule has 0 heterocycles. The fourth-order valence-electron chi connectivity index (χ4n) is 2.54. The van der Waals surface area contributed by atoms with Gasteiger partial charge in [0, 0.05) is 21.8 Å². The van der Waals surface area contributed by atoms with Crippen LogP contribution >= 0.6 is 31.9 Å². The van der Waals surface area contributed by atoms with E-state index in [0.29, 0.717) is 0 Å². The summed E-state index contributed by atoms with van der Waals surface area (Å²) < 4.78 is 0. The Hall–Kier alpha value is -0.930. The quantitative estimate of drug-likeness (QED) is 0.602. The Bertz CT molecular complexity index is 591. The van der Waals surface area contributed by atoms with Crippen LogP contribution in [0.4, 0.5) is 0 Å². The van der Waals surface area contributed by atoms with Crippen molar-refractivity contribution in [1.82, 2.24) is 0 Å². The van der Waals surface area contributed by atoms with E-state index in [1.807, 2.05) is 24.3 Å². The fraction of sp³-hybridized carbons (Fsp3) is 0.133. The third-order valence-corrected chi connectivity index (χ3v) is 4.54. The van der Waals surface area contributed by atoms with E-state index in [1.165, 1.54) is 11.1 Å². The number of carbonyl (C=O) groups excluding carboxylic acids is 1. The normalized spacial score (nSPS) is 12.4. The van der Waals surface area contributed by atoms with Crippen molar-refractivity contribution >= 4 is 37.6 Å². The Morgan fingerprint density at radius 2 is 1.22 bits per heavy atom. The second-order valence-corrected chi connectivity index (χ2v) is 5.40. The molecule has 1 aliphatic rings. The maximum atomic E-state index is 12.4. The number of alkyl halides is 2. The molecule has 0 saturated heterocycles. The van der Waals surface area contributed by atoms with Crippen LogP contribution in [-0.2, 0) is 10.7 Å². The minimum absolute atomic E-state index is 0.144. The molecule has 0 aromatic heterocycles. The summed E-state index contributed by atoms with van der Waals surface area (Å²) in [5, 5.41) is 1.53. The first-order chi connectivity index (χ1) is 8.77. The maximum absolute atomic E-state index is 12.4. The van der Waals surface area contributed by atoms with Crippen LogP contribution in [0.3, 0.4) is 0 Å². The van der Waals surface area contributed by atoms with E-state index < -0.39 is 0 Å². The van der Waals surface area contributed by atoms with Gasteiger partial charge in [-0.3, -0.25) is 4.79 Å². The van der Waals surface area contributed by atoms with E-state index >= 15 is 0 Å². The topological polar surface area (TPSA) is 17.1 Å². The molecule has 3 rings (SSSR count). The second-order valence-electron chi connectivity index (χ2n) is 4.28. The smallest absolute Gasteiger partial charge is 0.194 e. The van der Waals surface area contributed by atoms with Gasteiger partial charge in [0.25, 0.3) is 0 Å². The zero-order valence-corrected chi connectivity index (χ0v) is 12.7. The summed E-state index contributed by atoms with van der Waals surface area (Å²) >= 11 is 7.01. The van der Waals surface area contributed by atoms with Gasteiger partial charge in [-0.05, 0) is 22.3 Å². The van der Waals surface area contributed by atoms with Crippen molar-refractivity contribution in [1.29, 1.82) is 0 Å². The molecule has 1 aliphatic carbocycles. The zero-order valence-electron chi connectivity index (χ0n) is 9.54. The van der Waals surface area contributed by atoms with Crippen molar-refractivity contribution in [2.24, 2.45) is 0 Å². The molecular formula is C15H10Br2O. The minimum atomic E-state index is 0.144. The van der Waals surface area contributed by atoms with E-state index in [4.69, 9.17) is 0 Å². The molecule has 2 aromatic rings. The van der Waals surface area contributed by atoms with Gasteiger partial charge in [0.15, 0.2) is 5.78 Å². The van der Waals surface area contributed by atoms with E-state index in [2.05, 4.69) is 44.0 Å². The molecule has 0 unspecified atom stereocenters. The van der Waals surface area contributed by atoms with Crippen molar-refractivity contribution in [3.8, 4) is 11.1 Å². The molecule has 0 radical (unpaired) electrons. The number of halogens is 2. The van der Waals surface area contributed by atoms with Gasteiger partial charge in [-0.15, -0.1) is 0 Å². The summed E-state index contributed by atoms with van der Waals surface area (Å²) in [6.07, 6.45) is 0. The molecular weight excluding hydrogens is 356 g/mol. The third kappa shape index (κ3) is 1.61. The number of benzene rings is 2. The Labute approximate surface area is 122 Å². The highest BCUT2D eigenvalue weighted by Gasteiger charge is 2.29. The van der Waals surface area contributed by atoms with Crippen molar-refractivity contribution in [3.05, 3.63) is 58.7 Å². The van der Waals surface area contributed by atoms with Crippen molar-refractivity contribution in [2.45, 2.75) is 10.7 Å². The highest BCUT2D eigenvalue weighted by atomic mass is 79.9. The Morgan fingerprint density at radius 3 is 1.61 bits per heavy atom. The molecule has 1 nitrogen and oxygen atoms in total. The second kappa shape index (κ2) is 4.63. The first kappa shape index (κ1) is 12.1. The minimum Gasteiger partial charge on any atom is -0.289 e. The Balaban J connectivity index is 2.40. The van der Waals surface area contributed by atoms with Crippen molar-refractivity contribution in [2.75, 3.05) is 0 Å². The van der Waals surface area contributed by atoms with Gasteiger partial charge in [0.05, 0.1) is 0 Å². The molecule has 2 aromatic carbocycles. The van der Waals surface area contributed by atoms with Crippen LogP contribution in [0.5, 0.6) is 0 Å². The zero-order chi connectivity index (χ0) is 12.7. The van der Waals surface area contributed by atoms with Gasteiger partial charge in [-0.1, -0.05) is 68.3 Å². The number of hydrogen-bond acceptors (Lipinski definition) is 1. The molecule has 3 heteroatoms. The third-order valence-electron chi connectivity index (χ3n) is 3.33. The van der Waals surface area contributed by atoms with Gasteiger partial charge in [0.1, 0.15) is 0 Å². The molecule has 0 bridgehead atoms. The summed E-state index contributed by atoms with van der Waals surface area (Å²) in [5.41, 5.74) is 6.21. The number of hydrogen-bond donors (Lipinski definition) is 0. The lowest BCUT2D eigenvalue weighted by Crippen LogP contribution is -1.95. The number of fused-ring (bicyclic) bond motifs is 3. The van der Waals surface area contributed by atoms with Crippen LogP contribution in [0, 0.1) is 0 Å².